The van der Waals surface area contributed by atoms with Crippen molar-refractivity contribution >= 4 is 21.8 Å². The van der Waals surface area contributed by atoms with Gasteiger partial charge in [-0.05, 0) is 48.5 Å². The van der Waals surface area contributed by atoms with Gasteiger partial charge in [0, 0.05) is 6.04 Å². The zero-order valence-corrected chi connectivity index (χ0v) is 13.2. The van der Waals surface area contributed by atoms with Crippen molar-refractivity contribution in [2.24, 2.45) is 0 Å². The van der Waals surface area contributed by atoms with Crippen LogP contribution in [-0.2, 0) is 10.0 Å². The van der Waals surface area contributed by atoms with Gasteiger partial charge in [0.25, 0.3) is 0 Å². The van der Waals surface area contributed by atoms with Crippen molar-refractivity contribution in [2.45, 2.75) is 43.2 Å². The Morgan fingerprint density at radius 1 is 1.40 bits per heavy atom. The molecule has 20 heavy (non-hydrogen) atoms. The molecule has 1 aliphatic heterocycles. The first-order valence-corrected chi connectivity index (χ1v) is 9.55. The Labute approximate surface area is 125 Å². The summed E-state index contributed by atoms with van der Waals surface area (Å²) in [7, 11) is -3.49. The average molecular weight is 315 g/mol. The van der Waals surface area contributed by atoms with E-state index in [9.17, 15) is 13.5 Å². The highest BCUT2D eigenvalue weighted by Gasteiger charge is 2.22. The van der Waals surface area contributed by atoms with Crippen molar-refractivity contribution in [3.05, 3.63) is 29.8 Å². The predicted octanol–water partition coefficient (Wildman–Crippen LogP) is 2.30. The third-order valence-electron chi connectivity index (χ3n) is 3.48. The quantitative estimate of drug-likeness (QED) is 0.875. The fourth-order valence-electron chi connectivity index (χ4n) is 2.23. The molecule has 2 N–H and O–H groups in total. The number of hydrogen-bond donors (Lipinski definition) is 2. The maximum atomic E-state index is 12.4. The van der Waals surface area contributed by atoms with Gasteiger partial charge in [-0.3, -0.25) is 0 Å². The lowest BCUT2D eigenvalue weighted by molar-refractivity contribution is 0.173. The monoisotopic (exact) mass is 315 g/mol. The van der Waals surface area contributed by atoms with Gasteiger partial charge in [-0.1, -0.05) is 19.1 Å². The van der Waals surface area contributed by atoms with Crippen LogP contribution < -0.4 is 4.72 Å². The van der Waals surface area contributed by atoms with E-state index < -0.39 is 16.1 Å². The zero-order chi connectivity index (χ0) is 14.6. The van der Waals surface area contributed by atoms with Gasteiger partial charge >= 0.3 is 0 Å². The minimum Gasteiger partial charge on any atom is -0.388 e. The summed E-state index contributed by atoms with van der Waals surface area (Å²) in [5.41, 5.74) is 0.648. The van der Waals surface area contributed by atoms with Crippen LogP contribution in [0.5, 0.6) is 0 Å². The van der Waals surface area contributed by atoms with Crippen molar-refractivity contribution in [1.82, 2.24) is 4.72 Å². The highest BCUT2D eigenvalue weighted by Crippen LogP contribution is 2.22. The molecule has 0 spiro atoms. The van der Waals surface area contributed by atoms with Crippen LogP contribution in [0, 0.1) is 0 Å². The van der Waals surface area contributed by atoms with E-state index >= 15 is 0 Å². The number of aliphatic hydroxyl groups is 1. The number of sulfonamides is 1. The van der Waals surface area contributed by atoms with Crippen LogP contribution in [0.15, 0.2) is 29.2 Å². The molecule has 0 radical (unpaired) electrons. The number of aliphatic hydroxyl groups excluding tert-OH is 1. The molecule has 0 bridgehead atoms. The molecule has 112 valence electrons. The molecule has 1 aliphatic rings. The number of nitrogens with one attached hydrogen (secondary N) is 1. The fraction of sp³-hybridized carbons (Fsp3) is 0.571. The van der Waals surface area contributed by atoms with Crippen LogP contribution in [-0.4, -0.2) is 31.1 Å². The molecule has 0 amide bonds. The number of rotatable bonds is 5. The maximum Gasteiger partial charge on any atom is 0.240 e. The van der Waals surface area contributed by atoms with Gasteiger partial charge < -0.3 is 5.11 Å². The summed E-state index contributed by atoms with van der Waals surface area (Å²) in [4.78, 5) is 0.237. The third kappa shape index (κ3) is 3.97. The molecule has 0 aromatic heterocycles. The van der Waals surface area contributed by atoms with Crippen LogP contribution >= 0.6 is 11.8 Å². The van der Waals surface area contributed by atoms with Gasteiger partial charge in [0.05, 0.1) is 11.0 Å². The lowest BCUT2D eigenvalue weighted by atomic mass is 10.1. The van der Waals surface area contributed by atoms with Crippen LogP contribution in [0.25, 0.3) is 0 Å². The summed E-state index contributed by atoms with van der Waals surface area (Å²) in [6.07, 6.45) is 1.70. The topological polar surface area (TPSA) is 66.4 Å². The van der Waals surface area contributed by atoms with Gasteiger partial charge in [-0.25, -0.2) is 13.1 Å². The molecule has 2 rings (SSSR count). The minimum atomic E-state index is -3.49. The van der Waals surface area contributed by atoms with E-state index in [1.807, 2.05) is 18.7 Å². The summed E-state index contributed by atoms with van der Waals surface area (Å²) in [5.74, 6) is 2.00. The summed E-state index contributed by atoms with van der Waals surface area (Å²) >= 11 is 1.86. The molecule has 1 saturated heterocycles. The highest BCUT2D eigenvalue weighted by atomic mass is 32.2. The molecule has 0 aliphatic carbocycles. The molecule has 1 unspecified atom stereocenters. The molecule has 6 heteroatoms. The molecular weight excluding hydrogens is 294 g/mol. The molecule has 1 aromatic rings. The van der Waals surface area contributed by atoms with E-state index in [-0.39, 0.29) is 10.9 Å². The summed E-state index contributed by atoms with van der Waals surface area (Å²) in [5, 5.41) is 9.82. The fourth-order valence-corrected chi connectivity index (χ4v) is 4.69. The molecule has 1 heterocycles. The van der Waals surface area contributed by atoms with E-state index in [1.54, 1.807) is 24.3 Å². The zero-order valence-electron chi connectivity index (χ0n) is 11.6. The predicted molar refractivity (Wildman–Crippen MR) is 82.4 cm³/mol. The van der Waals surface area contributed by atoms with Crippen LogP contribution in [0.1, 0.15) is 37.9 Å². The number of benzene rings is 1. The van der Waals surface area contributed by atoms with Gasteiger partial charge in [0.2, 0.25) is 10.0 Å². The van der Waals surface area contributed by atoms with E-state index in [2.05, 4.69) is 4.72 Å². The largest absolute Gasteiger partial charge is 0.388 e. The summed E-state index contributed by atoms with van der Waals surface area (Å²) in [6.45, 7) is 1.86. The second kappa shape index (κ2) is 6.93. The first-order valence-electron chi connectivity index (χ1n) is 6.91. The van der Waals surface area contributed by atoms with Crippen molar-refractivity contribution in [3.8, 4) is 0 Å². The maximum absolute atomic E-state index is 12.4. The van der Waals surface area contributed by atoms with Crippen molar-refractivity contribution in [1.29, 1.82) is 0 Å². The first kappa shape index (κ1) is 15.8. The number of hydrogen-bond acceptors (Lipinski definition) is 4. The molecular formula is C14H21NO3S2. The van der Waals surface area contributed by atoms with E-state index in [1.165, 1.54) is 0 Å². The first-order chi connectivity index (χ1) is 9.53. The Hall–Kier alpha value is -0.560. The Kier molecular flexibility index (Phi) is 5.49. The smallest absolute Gasteiger partial charge is 0.240 e. The standard InChI is InChI=1S/C14H21NO3S2/c1-2-14(16)11-4-3-5-13(10-11)20(17,18)15-12-6-8-19-9-7-12/h3-5,10,12,14-16H,2,6-9H2,1H3. The van der Waals surface area contributed by atoms with Crippen molar-refractivity contribution in [3.63, 3.8) is 0 Å². The SMILES string of the molecule is CCC(O)c1cccc(S(=O)(=O)NC2CCSCC2)c1. The Bertz CT molecular complexity index is 539. The number of thioether (sulfide) groups is 1. The van der Waals surface area contributed by atoms with E-state index in [0.29, 0.717) is 12.0 Å². The Morgan fingerprint density at radius 3 is 2.75 bits per heavy atom. The third-order valence-corrected chi connectivity index (χ3v) is 6.05. The van der Waals surface area contributed by atoms with Gasteiger partial charge in [0.1, 0.15) is 0 Å². The lowest BCUT2D eigenvalue weighted by Gasteiger charge is -2.22. The molecule has 1 aromatic carbocycles. The average Bonchev–Trinajstić information content (AvgIpc) is 2.47. The van der Waals surface area contributed by atoms with Crippen molar-refractivity contribution < 1.29 is 13.5 Å². The molecule has 1 fully saturated rings. The Balaban J connectivity index is 2.16. The highest BCUT2D eigenvalue weighted by molar-refractivity contribution is 7.99. The summed E-state index contributed by atoms with van der Waals surface area (Å²) in [6, 6.07) is 6.60. The molecule has 0 saturated carbocycles. The Morgan fingerprint density at radius 2 is 2.10 bits per heavy atom. The minimum absolute atomic E-state index is 0.0287. The normalized spacial score (nSPS) is 18.9. The second-order valence-corrected chi connectivity index (χ2v) is 7.94. The van der Waals surface area contributed by atoms with E-state index in [0.717, 1.165) is 24.3 Å². The van der Waals surface area contributed by atoms with Gasteiger partial charge in [0.15, 0.2) is 0 Å². The van der Waals surface area contributed by atoms with Crippen LogP contribution in [0.2, 0.25) is 0 Å². The van der Waals surface area contributed by atoms with Gasteiger partial charge in [-0.15, -0.1) is 0 Å². The van der Waals surface area contributed by atoms with Crippen molar-refractivity contribution in [2.75, 3.05) is 11.5 Å². The molecule has 4 nitrogen and oxygen atoms in total. The van der Waals surface area contributed by atoms with Crippen LogP contribution in [0.4, 0.5) is 0 Å². The van der Waals surface area contributed by atoms with Gasteiger partial charge in [-0.2, -0.15) is 11.8 Å². The van der Waals surface area contributed by atoms with Crippen LogP contribution in [0.3, 0.4) is 0 Å². The second-order valence-electron chi connectivity index (χ2n) is 5.00. The summed E-state index contributed by atoms with van der Waals surface area (Å²) < 4.78 is 27.5. The lowest BCUT2D eigenvalue weighted by Crippen LogP contribution is -2.37. The van der Waals surface area contributed by atoms with E-state index in [4.69, 9.17) is 0 Å². The molecule has 1 atom stereocenters.